The lowest BCUT2D eigenvalue weighted by atomic mass is 9.40. The van der Waals surface area contributed by atoms with Gasteiger partial charge in [-0.2, -0.15) is 0 Å². The van der Waals surface area contributed by atoms with Crippen LogP contribution >= 0.6 is 0 Å². The molecular formula is C29H46O4. The van der Waals surface area contributed by atoms with E-state index in [4.69, 9.17) is 0 Å². The van der Waals surface area contributed by atoms with Crippen LogP contribution in [0.15, 0.2) is 11.6 Å². The largest absolute Gasteiger partial charge is 0.481 e. The fourth-order valence-corrected chi connectivity index (χ4v) is 8.30. The van der Waals surface area contributed by atoms with Gasteiger partial charge in [0.05, 0.1) is 11.5 Å². The van der Waals surface area contributed by atoms with Gasteiger partial charge >= 0.3 is 5.97 Å². The van der Waals surface area contributed by atoms with E-state index in [1.165, 1.54) is 5.57 Å². The summed E-state index contributed by atoms with van der Waals surface area (Å²) in [6.07, 6.45) is 11.6. The summed E-state index contributed by atoms with van der Waals surface area (Å²) < 4.78 is 0. The average Bonchev–Trinajstić information content (AvgIpc) is 2.72. The van der Waals surface area contributed by atoms with Crippen molar-refractivity contribution in [1.82, 2.24) is 0 Å². The summed E-state index contributed by atoms with van der Waals surface area (Å²) in [5.74, 6) is -0.269. The lowest BCUT2D eigenvalue weighted by Gasteiger charge is -2.64. The van der Waals surface area contributed by atoms with Gasteiger partial charge in [0.1, 0.15) is 0 Å². The monoisotopic (exact) mass is 458 g/mol. The minimum atomic E-state index is -0.708. The molecule has 0 bridgehead atoms. The molecule has 33 heavy (non-hydrogen) atoms. The molecule has 186 valence electrons. The van der Waals surface area contributed by atoms with Gasteiger partial charge in [-0.3, -0.25) is 9.59 Å². The minimum Gasteiger partial charge on any atom is -0.481 e. The van der Waals surface area contributed by atoms with E-state index in [-0.39, 0.29) is 45.4 Å². The highest BCUT2D eigenvalue weighted by molar-refractivity contribution is 5.95. The molecule has 4 heteroatoms. The van der Waals surface area contributed by atoms with Crippen molar-refractivity contribution in [2.75, 3.05) is 0 Å². The zero-order chi connectivity index (χ0) is 24.4. The highest BCUT2D eigenvalue weighted by Crippen LogP contribution is 2.69. The number of fused-ring (bicyclic) bond motifs is 5. The topological polar surface area (TPSA) is 74.6 Å². The first kappa shape index (κ1) is 24.9. The van der Waals surface area contributed by atoms with Crippen LogP contribution in [0.3, 0.4) is 0 Å². The molecule has 0 aromatic carbocycles. The lowest BCUT2D eigenvalue weighted by Crippen LogP contribution is -2.58. The smallest absolute Gasteiger partial charge is 0.309 e. The maximum atomic E-state index is 13.7. The molecule has 0 radical (unpaired) electrons. The van der Waals surface area contributed by atoms with E-state index < -0.39 is 11.4 Å². The number of carbonyl (C=O) groups is 2. The Bertz CT molecular complexity index is 858. The fourth-order valence-electron chi connectivity index (χ4n) is 8.30. The maximum absolute atomic E-state index is 13.7. The first-order valence-electron chi connectivity index (χ1n) is 13.4. The zero-order valence-electron chi connectivity index (χ0n) is 21.8. The number of aliphatic hydroxyl groups is 1. The van der Waals surface area contributed by atoms with Gasteiger partial charge in [-0.25, -0.2) is 0 Å². The number of hydrogen-bond acceptors (Lipinski definition) is 3. The Hall–Kier alpha value is -1.16. The summed E-state index contributed by atoms with van der Waals surface area (Å²) in [6, 6.07) is 0. The van der Waals surface area contributed by atoms with Crippen LogP contribution in [0.1, 0.15) is 112 Å². The van der Waals surface area contributed by atoms with Crippen molar-refractivity contribution in [3.05, 3.63) is 11.6 Å². The summed E-state index contributed by atoms with van der Waals surface area (Å²) in [4.78, 5) is 25.9. The Morgan fingerprint density at radius 3 is 2.21 bits per heavy atom. The van der Waals surface area contributed by atoms with E-state index in [9.17, 15) is 19.8 Å². The Morgan fingerprint density at radius 1 is 0.879 bits per heavy atom. The Kier molecular flexibility index (Phi) is 6.00. The number of carbonyl (C=O) groups excluding carboxylic acids is 1. The number of ketones is 1. The molecule has 7 unspecified atom stereocenters. The molecule has 4 nitrogen and oxygen atoms in total. The first-order valence-corrected chi connectivity index (χ1v) is 13.4. The lowest BCUT2D eigenvalue weighted by molar-refractivity contribution is -0.155. The van der Waals surface area contributed by atoms with Crippen molar-refractivity contribution in [3.63, 3.8) is 0 Å². The summed E-state index contributed by atoms with van der Waals surface area (Å²) in [7, 11) is 0. The molecule has 0 spiro atoms. The zero-order valence-corrected chi connectivity index (χ0v) is 21.8. The molecule has 4 rings (SSSR count). The van der Waals surface area contributed by atoms with Gasteiger partial charge in [0, 0.05) is 5.92 Å². The second-order valence-electron chi connectivity index (χ2n) is 13.9. The van der Waals surface area contributed by atoms with Gasteiger partial charge in [0.2, 0.25) is 0 Å². The molecule has 3 fully saturated rings. The second-order valence-corrected chi connectivity index (χ2v) is 13.9. The van der Waals surface area contributed by atoms with Crippen molar-refractivity contribution >= 4 is 11.8 Å². The summed E-state index contributed by atoms with van der Waals surface area (Å²) in [5, 5.41) is 20.7. The molecule has 0 amide bonds. The number of aliphatic carboxylic acids is 1. The van der Waals surface area contributed by atoms with Gasteiger partial charge < -0.3 is 10.2 Å². The van der Waals surface area contributed by atoms with Crippen LogP contribution < -0.4 is 0 Å². The molecule has 7 atom stereocenters. The van der Waals surface area contributed by atoms with Gasteiger partial charge in [0.25, 0.3) is 0 Å². The molecule has 0 aromatic rings. The number of rotatable bonds is 1. The fraction of sp³-hybridized carbons (Fsp3) is 0.862. The van der Waals surface area contributed by atoms with Gasteiger partial charge in [-0.05, 0) is 98.4 Å². The Morgan fingerprint density at radius 2 is 1.55 bits per heavy atom. The number of carboxylic acids is 1. The number of allylic oxidation sites excluding steroid dienone is 2. The van der Waals surface area contributed by atoms with Crippen molar-refractivity contribution in [1.29, 1.82) is 0 Å². The van der Waals surface area contributed by atoms with E-state index in [2.05, 4.69) is 34.6 Å². The average molecular weight is 459 g/mol. The van der Waals surface area contributed by atoms with Crippen LogP contribution in [0.4, 0.5) is 0 Å². The standard InChI is InChI=1S/C29H46O4/c1-25(2)11-8-12-28(5)19(9-7-10-23(25)31)22(30)17-20-21-18-27(4,24(32)33)14-13-26(21,3)15-16-29(20,28)6/h17,19,21,23,31H,7-16,18H2,1-6H3,(H,32,33). The molecule has 0 heterocycles. The van der Waals surface area contributed by atoms with E-state index in [0.29, 0.717) is 6.42 Å². The molecular weight excluding hydrogens is 412 g/mol. The Labute approximate surface area is 200 Å². The predicted octanol–water partition coefficient (Wildman–Crippen LogP) is 6.56. The van der Waals surface area contributed by atoms with Crippen LogP contribution in [0.2, 0.25) is 0 Å². The van der Waals surface area contributed by atoms with Crippen molar-refractivity contribution in [3.8, 4) is 0 Å². The predicted molar refractivity (Wildman–Crippen MR) is 131 cm³/mol. The highest BCUT2D eigenvalue weighted by atomic mass is 16.4. The summed E-state index contributed by atoms with van der Waals surface area (Å²) >= 11 is 0. The highest BCUT2D eigenvalue weighted by Gasteiger charge is 2.63. The van der Waals surface area contributed by atoms with Crippen LogP contribution in [-0.2, 0) is 9.59 Å². The molecule has 4 aliphatic carbocycles. The first-order chi connectivity index (χ1) is 15.2. The summed E-state index contributed by atoms with van der Waals surface area (Å²) in [6.45, 7) is 13.4. The van der Waals surface area contributed by atoms with Gasteiger partial charge in [-0.15, -0.1) is 0 Å². The number of hydrogen-bond donors (Lipinski definition) is 2. The van der Waals surface area contributed by atoms with E-state index in [1.807, 2.05) is 13.0 Å². The van der Waals surface area contributed by atoms with Gasteiger partial charge in [0.15, 0.2) is 5.78 Å². The Balaban J connectivity index is 1.75. The molecule has 0 aliphatic heterocycles. The second kappa shape index (κ2) is 7.93. The molecule has 0 aromatic heterocycles. The molecule has 4 aliphatic rings. The van der Waals surface area contributed by atoms with Crippen molar-refractivity contribution in [2.24, 2.45) is 38.9 Å². The molecule has 3 saturated carbocycles. The SMILES string of the molecule is CC1(C(=O)O)CCC2(C)CCC3(C)C(=CC(=O)C4CCCC(O)C(C)(C)CCCC43C)C2C1. The third-order valence-electron chi connectivity index (χ3n) is 11.5. The van der Waals surface area contributed by atoms with Crippen LogP contribution in [0.5, 0.6) is 0 Å². The van der Waals surface area contributed by atoms with Crippen LogP contribution in [-0.4, -0.2) is 28.1 Å². The van der Waals surface area contributed by atoms with Crippen LogP contribution in [0.25, 0.3) is 0 Å². The maximum Gasteiger partial charge on any atom is 0.309 e. The number of aliphatic hydroxyl groups excluding tert-OH is 1. The van der Waals surface area contributed by atoms with E-state index >= 15 is 0 Å². The molecule has 0 saturated heterocycles. The summed E-state index contributed by atoms with van der Waals surface area (Å²) in [5.41, 5.74) is 0.356. The third-order valence-corrected chi connectivity index (χ3v) is 11.5. The van der Waals surface area contributed by atoms with Crippen molar-refractivity contribution < 1.29 is 19.8 Å². The third kappa shape index (κ3) is 3.74. The molecule has 2 N–H and O–H groups in total. The van der Waals surface area contributed by atoms with E-state index in [0.717, 1.165) is 64.2 Å². The number of carboxylic acid groups (broad SMARTS) is 1. The minimum absolute atomic E-state index is 0.00142. The van der Waals surface area contributed by atoms with Crippen molar-refractivity contribution in [2.45, 2.75) is 118 Å². The normalized spacial score (nSPS) is 48.0. The van der Waals surface area contributed by atoms with Crippen LogP contribution in [0, 0.1) is 38.9 Å². The van der Waals surface area contributed by atoms with Gasteiger partial charge in [-0.1, -0.05) is 53.0 Å². The van der Waals surface area contributed by atoms with E-state index in [1.54, 1.807) is 0 Å². The quantitative estimate of drug-likeness (QED) is 0.467.